The van der Waals surface area contributed by atoms with Gasteiger partial charge in [-0.25, -0.2) is 4.98 Å². The number of carbonyl (C=O) groups is 1. The number of aromatic nitrogens is 1. The van der Waals surface area contributed by atoms with Crippen LogP contribution in [0.15, 0.2) is 29.1 Å². The van der Waals surface area contributed by atoms with Gasteiger partial charge in [0.05, 0.1) is 12.6 Å². The minimum Gasteiger partial charge on any atom is -0.496 e. The molecule has 1 N–H and O–H groups in total. The van der Waals surface area contributed by atoms with Crippen LogP contribution >= 0.6 is 11.3 Å². The number of nitrogens with one attached hydrogen (secondary N) is 1. The number of aryl methyl sites for hydroxylation is 1. The molecule has 4 nitrogen and oxygen atoms in total. The Morgan fingerprint density at radius 2 is 2.29 bits per heavy atom. The third-order valence-corrected chi connectivity index (χ3v) is 2.90. The summed E-state index contributed by atoms with van der Waals surface area (Å²) in [5, 5.41) is 4.50. The van der Waals surface area contributed by atoms with E-state index in [4.69, 9.17) is 4.74 Å². The summed E-state index contributed by atoms with van der Waals surface area (Å²) < 4.78 is 5.15. The van der Waals surface area contributed by atoms with Crippen LogP contribution in [0.3, 0.4) is 0 Å². The fourth-order valence-corrected chi connectivity index (χ4v) is 2.01. The third-order valence-electron chi connectivity index (χ3n) is 2.32. The zero-order valence-corrected chi connectivity index (χ0v) is 10.4. The van der Waals surface area contributed by atoms with Crippen LogP contribution in [-0.2, 0) is 0 Å². The van der Waals surface area contributed by atoms with Gasteiger partial charge in [0.15, 0.2) is 0 Å². The van der Waals surface area contributed by atoms with E-state index in [1.54, 1.807) is 24.1 Å². The van der Waals surface area contributed by atoms with E-state index in [1.807, 2.05) is 19.1 Å². The van der Waals surface area contributed by atoms with Crippen molar-refractivity contribution in [1.29, 1.82) is 0 Å². The molecule has 17 heavy (non-hydrogen) atoms. The molecule has 2 aromatic rings. The van der Waals surface area contributed by atoms with Gasteiger partial charge in [0, 0.05) is 11.1 Å². The Balaban J connectivity index is 2.14. The number of rotatable bonds is 3. The van der Waals surface area contributed by atoms with E-state index in [9.17, 15) is 4.79 Å². The second-order valence-corrected chi connectivity index (χ2v) is 4.23. The van der Waals surface area contributed by atoms with E-state index in [-0.39, 0.29) is 5.91 Å². The highest BCUT2D eigenvalue weighted by Crippen LogP contribution is 2.21. The minimum atomic E-state index is -0.198. The Bertz CT molecular complexity index is 523. The SMILES string of the molecule is COc1ccc(NC(=O)c2cscn2)cc1C. The van der Waals surface area contributed by atoms with Gasteiger partial charge >= 0.3 is 0 Å². The standard InChI is InChI=1S/C12H12N2O2S/c1-8-5-9(3-4-11(8)16-2)14-12(15)10-6-17-7-13-10/h3-7H,1-2H3,(H,14,15). The summed E-state index contributed by atoms with van der Waals surface area (Å²) in [7, 11) is 1.62. The van der Waals surface area contributed by atoms with E-state index in [2.05, 4.69) is 10.3 Å². The van der Waals surface area contributed by atoms with Crippen molar-refractivity contribution in [3.8, 4) is 5.75 Å². The van der Waals surface area contributed by atoms with Gasteiger partial charge < -0.3 is 10.1 Å². The first-order valence-electron chi connectivity index (χ1n) is 5.05. The molecule has 0 aliphatic rings. The first-order chi connectivity index (χ1) is 8.20. The molecule has 0 unspecified atom stereocenters. The average Bonchev–Trinajstić information content (AvgIpc) is 2.82. The maximum absolute atomic E-state index is 11.7. The van der Waals surface area contributed by atoms with Crippen molar-refractivity contribution < 1.29 is 9.53 Å². The molecule has 0 atom stereocenters. The fraction of sp³-hybridized carbons (Fsp3) is 0.167. The highest BCUT2D eigenvalue weighted by Gasteiger charge is 2.08. The van der Waals surface area contributed by atoms with E-state index in [0.29, 0.717) is 5.69 Å². The molecule has 2 rings (SSSR count). The van der Waals surface area contributed by atoms with Crippen LogP contribution in [0, 0.1) is 6.92 Å². The molecule has 0 aliphatic carbocycles. The van der Waals surface area contributed by atoms with E-state index in [1.165, 1.54) is 11.3 Å². The number of carbonyl (C=O) groups excluding carboxylic acids is 1. The Morgan fingerprint density at radius 3 is 2.88 bits per heavy atom. The molecule has 1 aromatic heterocycles. The zero-order valence-electron chi connectivity index (χ0n) is 9.56. The lowest BCUT2D eigenvalue weighted by molar-refractivity contribution is 0.102. The van der Waals surface area contributed by atoms with Crippen LogP contribution in [0.2, 0.25) is 0 Å². The van der Waals surface area contributed by atoms with Crippen LogP contribution in [-0.4, -0.2) is 18.0 Å². The predicted molar refractivity (Wildman–Crippen MR) is 67.8 cm³/mol. The van der Waals surface area contributed by atoms with Gasteiger partial charge in [0.1, 0.15) is 11.4 Å². The fourth-order valence-electron chi connectivity index (χ4n) is 1.48. The molecule has 0 spiro atoms. The average molecular weight is 248 g/mol. The molecule has 0 aliphatic heterocycles. The Hall–Kier alpha value is -1.88. The monoisotopic (exact) mass is 248 g/mol. The topological polar surface area (TPSA) is 51.2 Å². The lowest BCUT2D eigenvalue weighted by Gasteiger charge is -2.07. The summed E-state index contributed by atoms with van der Waals surface area (Å²) in [5.74, 6) is 0.604. The molecule has 0 saturated heterocycles. The first kappa shape index (κ1) is 11.6. The Kier molecular flexibility index (Phi) is 3.39. The van der Waals surface area contributed by atoms with E-state index < -0.39 is 0 Å². The maximum atomic E-state index is 11.7. The van der Waals surface area contributed by atoms with Crippen molar-refractivity contribution in [2.75, 3.05) is 12.4 Å². The minimum absolute atomic E-state index is 0.198. The van der Waals surface area contributed by atoms with Gasteiger partial charge in [-0.15, -0.1) is 11.3 Å². The molecule has 1 amide bonds. The number of ether oxygens (including phenoxy) is 1. The van der Waals surface area contributed by atoms with Crippen LogP contribution in [0.25, 0.3) is 0 Å². The summed E-state index contributed by atoms with van der Waals surface area (Å²) in [6, 6.07) is 5.49. The molecule has 0 saturated carbocycles. The molecule has 88 valence electrons. The second kappa shape index (κ2) is 4.97. The van der Waals surface area contributed by atoms with E-state index in [0.717, 1.165) is 17.0 Å². The number of methoxy groups -OCH3 is 1. The van der Waals surface area contributed by atoms with E-state index >= 15 is 0 Å². The van der Waals surface area contributed by atoms with Crippen molar-refractivity contribution in [1.82, 2.24) is 4.98 Å². The zero-order chi connectivity index (χ0) is 12.3. The van der Waals surface area contributed by atoms with Gasteiger partial charge in [-0.3, -0.25) is 4.79 Å². The number of hydrogen-bond acceptors (Lipinski definition) is 4. The highest BCUT2D eigenvalue weighted by atomic mass is 32.1. The summed E-state index contributed by atoms with van der Waals surface area (Å²) in [6.45, 7) is 1.93. The Labute approximate surface area is 103 Å². The predicted octanol–water partition coefficient (Wildman–Crippen LogP) is 2.71. The number of thiazole rings is 1. The van der Waals surface area contributed by atoms with Gasteiger partial charge in [0.2, 0.25) is 0 Å². The summed E-state index contributed by atoms with van der Waals surface area (Å²) >= 11 is 1.40. The summed E-state index contributed by atoms with van der Waals surface area (Å²) in [5.41, 5.74) is 3.78. The van der Waals surface area contributed by atoms with Crippen LogP contribution in [0.4, 0.5) is 5.69 Å². The van der Waals surface area contributed by atoms with Crippen molar-refractivity contribution >= 4 is 22.9 Å². The smallest absolute Gasteiger partial charge is 0.275 e. The quantitative estimate of drug-likeness (QED) is 0.908. The molecular weight excluding hydrogens is 236 g/mol. The molecule has 1 aromatic carbocycles. The lowest BCUT2D eigenvalue weighted by atomic mass is 10.2. The normalized spacial score (nSPS) is 10.0. The first-order valence-corrected chi connectivity index (χ1v) is 5.99. The number of anilines is 1. The summed E-state index contributed by atoms with van der Waals surface area (Å²) in [4.78, 5) is 15.7. The maximum Gasteiger partial charge on any atom is 0.275 e. The summed E-state index contributed by atoms with van der Waals surface area (Å²) in [6.07, 6.45) is 0. The van der Waals surface area contributed by atoms with Crippen molar-refractivity contribution in [2.45, 2.75) is 6.92 Å². The Morgan fingerprint density at radius 1 is 1.47 bits per heavy atom. The van der Waals surface area contributed by atoms with Crippen molar-refractivity contribution in [2.24, 2.45) is 0 Å². The van der Waals surface area contributed by atoms with Crippen molar-refractivity contribution in [3.63, 3.8) is 0 Å². The highest BCUT2D eigenvalue weighted by molar-refractivity contribution is 7.07. The van der Waals surface area contributed by atoms with Crippen LogP contribution in [0.1, 0.15) is 16.1 Å². The molecule has 0 fully saturated rings. The molecular formula is C12H12N2O2S. The van der Waals surface area contributed by atoms with Gasteiger partial charge in [-0.05, 0) is 30.7 Å². The molecule has 5 heteroatoms. The number of amides is 1. The van der Waals surface area contributed by atoms with Crippen LogP contribution < -0.4 is 10.1 Å². The third kappa shape index (κ3) is 2.62. The van der Waals surface area contributed by atoms with Crippen molar-refractivity contribution in [3.05, 3.63) is 40.3 Å². The largest absolute Gasteiger partial charge is 0.496 e. The number of hydrogen-bond donors (Lipinski definition) is 1. The molecule has 1 heterocycles. The number of benzene rings is 1. The molecule has 0 bridgehead atoms. The van der Waals surface area contributed by atoms with Gasteiger partial charge in [-0.2, -0.15) is 0 Å². The van der Waals surface area contributed by atoms with Gasteiger partial charge in [0.25, 0.3) is 5.91 Å². The van der Waals surface area contributed by atoms with Gasteiger partial charge in [-0.1, -0.05) is 0 Å². The lowest BCUT2D eigenvalue weighted by Crippen LogP contribution is -2.12. The van der Waals surface area contributed by atoms with Crippen LogP contribution in [0.5, 0.6) is 5.75 Å². The molecule has 0 radical (unpaired) electrons. The second-order valence-electron chi connectivity index (χ2n) is 3.51. The number of nitrogens with zero attached hydrogens (tertiary/aromatic N) is 1.